The number of aryl methyl sites for hydroxylation is 1. The minimum absolute atomic E-state index is 0.154. The maximum Gasteiger partial charge on any atom is 0.253 e. The van der Waals surface area contributed by atoms with E-state index in [0.717, 1.165) is 12.0 Å². The van der Waals surface area contributed by atoms with Crippen LogP contribution in [-0.2, 0) is 19.1 Å². The van der Waals surface area contributed by atoms with Crippen molar-refractivity contribution in [2.24, 2.45) is 17.8 Å². The zero-order valence-corrected chi connectivity index (χ0v) is 26.6. The van der Waals surface area contributed by atoms with Gasteiger partial charge in [-0.25, -0.2) is 0 Å². The second-order valence-electron chi connectivity index (χ2n) is 11.6. The lowest BCUT2D eigenvalue weighted by Crippen LogP contribution is -2.60. The highest BCUT2D eigenvalue weighted by Gasteiger charge is 2.77. The van der Waals surface area contributed by atoms with E-state index in [-0.39, 0.29) is 41.6 Å². The summed E-state index contributed by atoms with van der Waals surface area (Å²) in [7, 11) is 0. The molecule has 2 bridgehead atoms. The molecular formula is C31H41BrClN3O5. The largest absolute Gasteiger partial charge is 0.394 e. The molecule has 10 heteroatoms. The number of halogens is 2. The van der Waals surface area contributed by atoms with Crippen molar-refractivity contribution in [3.63, 3.8) is 0 Å². The summed E-state index contributed by atoms with van der Waals surface area (Å²) in [6, 6.07) is 3.69. The Balaban J connectivity index is 1.89. The summed E-state index contributed by atoms with van der Waals surface area (Å²) in [4.78, 5) is 48.0. The average molecular weight is 651 g/mol. The number of rotatable bonds is 12. The van der Waals surface area contributed by atoms with E-state index >= 15 is 0 Å². The van der Waals surface area contributed by atoms with Gasteiger partial charge in [0.05, 0.1) is 41.3 Å². The van der Waals surface area contributed by atoms with Crippen LogP contribution in [0.3, 0.4) is 0 Å². The van der Waals surface area contributed by atoms with E-state index in [0.29, 0.717) is 30.2 Å². The van der Waals surface area contributed by atoms with E-state index < -0.39 is 35.6 Å². The zero-order chi connectivity index (χ0) is 30.2. The van der Waals surface area contributed by atoms with E-state index in [1.807, 2.05) is 39.8 Å². The minimum atomic E-state index is -1.25. The second kappa shape index (κ2) is 12.6. The van der Waals surface area contributed by atoms with Crippen LogP contribution in [0.1, 0.15) is 39.2 Å². The number of carbonyl (C=O) groups is 3. The number of benzene rings is 1. The number of alkyl halides is 1. The van der Waals surface area contributed by atoms with Gasteiger partial charge >= 0.3 is 0 Å². The average Bonchev–Trinajstić information content (AvgIpc) is 3.51. The Morgan fingerprint density at radius 3 is 2.51 bits per heavy atom. The Morgan fingerprint density at radius 2 is 1.95 bits per heavy atom. The van der Waals surface area contributed by atoms with Gasteiger partial charge in [0.25, 0.3) is 5.91 Å². The predicted octanol–water partition coefficient (Wildman–Crippen LogP) is 4.36. The number of para-hydroxylation sites is 1. The van der Waals surface area contributed by atoms with Crippen molar-refractivity contribution in [3.05, 3.63) is 54.1 Å². The summed E-state index contributed by atoms with van der Waals surface area (Å²) in [5.41, 5.74) is 0.0750. The molecule has 3 amide bonds. The first-order valence-electron chi connectivity index (χ1n) is 14.3. The van der Waals surface area contributed by atoms with Gasteiger partial charge in [-0.1, -0.05) is 72.6 Å². The first-order valence-corrected chi connectivity index (χ1v) is 15.6. The van der Waals surface area contributed by atoms with E-state index in [2.05, 4.69) is 29.1 Å². The molecule has 41 heavy (non-hydrogen) atoms. The van der Waals surface area contributed by atoms with Crippen molar-refractivity contribution in [1.29, 1.82) is 0 Å². The van der Waals surface area contributed by atoms with Crippen LogP contribution in [0.2, 0.25) is 5.02 Å². The van der Waals surface area contributed by atoms with Gasteiger partial charge in [0.2, 0.25) is 11.8 Å². The summed E-state index contributed by atoms with van der Waals surface area (Å²) >= 11 is 10.4. The number of nitrogens with zero attached hydrogens (tertiary/aromatic N) is 3. The van der Waals surface area contributed by atoms with Crippen LogP contribution in [0, 0.1) is 24.7 Å². The van der Waals surface area contributed by atoms with E-state index in [1.54, 1.807) is 28.0 Å². The fourth-order valence-electron chi connectivity index (χ4n) is 7.07. The number of carbonyl (C=O) groups excluding carboxylic acids is 3. The van der Waals surface area contributed by atoms with Gasteiger partial charge in [-0.3, -0.25) is 14.4 Å². The smallest absolute Gasteiger partial charge is 0.253 e. The summed E-state index contributed by atoms with van der Waals surface area (Å²) in [5, 5.41) is 10.9. The molecule has 3 aliphatic rings. The van der Waals surface area contributed by atoms with Crippen molar-refractivity contribution in [1.82, 2.24) is 9.80 Å². The number of ether oxygens (including phenoxy) is 1. The van der Waals surface area contributed by atoms with Crippen LogP contribution in [0.25, 0.3) is 0 Å². The normalized spacial score (nSPS) is 29.0. The van der Waals surface area contributed by atoms with Gasteiger partial charge in [0.1, 0.15) is 11.6 Å². The molecule has 0 saturated carbocycles. The Bertz CT molecular complexity index is 1190. The van der Waals surface area contributed by atoms with Gasteiger partial charge in [-0.2, -0.15) is 0 Å². The lowest BCUT2D eigenvalue weighted by molar-refractivity contribution is -0.148. The summed E-state index contributed by atoms with van der Waals surface area (Å²) in [5.74, 6) is -2.68. The number of aliphatic hydroxyl groups is 1. The molecule has 3 saturated heterocycles. The van der Waals surface area contributed by atoms with Crippen molar-refractivity contribution < 1.29 is 24.2 Å². The third-order valence-electron chi connectivity index (χ3n) is 8.75. The van der Waals surface area contributed by atoms with Crippen LogP contribution < -0.4 is 4.90 Å². The van der Waals surface area contributed by atoms with Crippen molar-refractivity contribution >= 4 is 50.9 Å². The predicted molar refractivity (Wildman–Crippen MR) is 164 cm³/mol. The van der Waals surface area contributed by atoms with Gasteiger partial charge in [0.15, 0.2) is 0 Å². The van der Waals surface area contributed by atoms with Crippen molar-refractivity contribution in [2.45, 2.75) is 69.2 Å². The molecule has 8 nitrogen and oxygen atoms in total. The molecule has 3 fully saturated rings. The molecular weight excluding hydrogens is 610 g/mol. The number of fused-ring (bicyclic) bond motifs is 1. The first-order chi connectivity index (χ1) is 19.5. The summed E-state index contributed by atoms with van der Waals surface area (Å²) < 4.78 is 6.70. The van der Waals surface area contributed by atoms with Gasteiger partial charge in [-0.15, -0.1) is 13.2 Å². The molecule has 7 atom stereocenters. The van der Waals surface area contributed by atoms with Gasteiger partial charge in [-0.05, 0) is 37.3 Å². The highest BCUT2D eigenvalue weighted by molar-refractivity contribution is 9.09. The Morgan fingerprint density at radius 1 is 1.27 bits per heavy atom. The zero-order valence-electron chi connectivity index (χ0n) is 24.3. The van der Waals surface area contributed by atoms with Crippen LogP contribution >= 0.6 is 27.5 Å². The molecule has 3 unspecified atom stereocenters. The highest BCUT2D eigenvalue weighted by atomic mass is 79.9. The molecule has 3 heterocycles. The highest BCUT2D eigenvalue weighted by Crippen LogP contribution is 2.61. The Labute approximate surface area is 256 Å². The van der Waals surface area contributed by atoms with Crippen LogP contribution in [0.5, 0.6) is 0 Å². The fraction of sp³-hybridized carbons (Fsp3) is 0.581. The summed E-state index contributed by atoms with van der Waals surface area (Å²) in [6.45, 7) is 16.0. The number of likely N-dealkylation sites (tertiary alicyclic amines) is 1. The minimum Gasteiger partial charge on any atom is -0.394 e. The third kappa shape index (κ3) is 5.17. The van der Waals surface area contributed by atoms with E-state index in [9.17, 15) is 19.5 Å². The molecule has 4 rings (SSSR count). The standard InChI is InChI=1S/C31H41BrClN3O5/c1-7-13-34(14-8-2)28(38)23-24-29(39)36(22(17-37)18(4)5)27(31(24)16-20(32)26(23)41-31)30(40)35(15-9-3)25-19(6)11-10-12-21(25)33/h7,9-12,18,20,22-24,26-27,37H,1,3,8,13-17H2,2,4-6H3/t20?,22-,23-,24-,26-,27?,31?/m0/s1. The number of amides is 3. The number of hydrogen-bond acceptors (Lipinski definition) is 5. The van der Waals surface area contributed by atoms with Gasteiger partial charge in [0, 0.05) is 24.5 Å². The Hall–Kier alpha value is -2.20. The first kappa shape index (κ1) is 31.7. The van der Waals surface area contributed by atoms with Crippen molar-refractivity contribution in [3.8, 4) is 0 Å². The molecule has 1 aromatic carbocycles. The third-order valence-corrected chi connectivity index (χ3v) is 9.90. The maximum absolute atomic E-state index is 14.8. The Kier molecular flexibility index (Phi) is 9.73. The van der Waals surface area contributed by atoms with Crippen LogP contribution in [0.15, 0.2) is 43.5 Å². The molecule has 0 aliphatic carbocycles. The topological polar surface area (TPSA) is 90.4 Å². The molecule has 224 valence electrons. The SMILES string of the molecule is C=CCN(CCC)C(=O)[C@H]1[C@H]2C(=O)N([C@@H](CO)C(C)C)C(C(=O)N(CC=C)c3c(C)cccc3Cl)C23CC(Br)[C@@H]1O3. The van der Waals surface area contributed by atoms with E-state index in [1.165, 1.54) is 4.90 Å². The van der Waals surface area contributed by atoms with E-state index in [4.69, 9.17) is 16.3 Å². The molecule has 0 aromatic heterocycles. The quantitative estimate of drug-likeness (QED) is 0.268. The number of anilines is 1. The maximum atomic E-state index is 14.8. The molecule has 1 N–H and O–H groups in total. The number of hydrogen-bond donors (Lipinski definition) is 1. The van der Waals surface area contributed by atoms with Crippen LogP contribution in [0.4, 0.5) is 5.69 Å². The monoisotopic (exact) mass is 649 g/mol. The molecule has 0 radical (unpaired) electrons. The number of aliphatic hydroxyl groups excluding tert-OH is 1. The van der Waals surface area contributed by atoms with Gasteiger partial charge < -0.3 is 24.5 Å². The lowest BCUT2D eigenvalue weighted by atomic mass is 9.70. The lowest BCUT2D eigenvalue weighted by Gasteiger charge is -2.40. The molecule has 3 aliphatic heterocycles. The second-order valence-corrected chi connectivity index (χ2v) is 13.2. The summed E-state index contributed by atoms with van der Waals surface area (Å²) in [6.07, 6.45) is 3.85. The molecule has 1 aromatic rings. The van der Waals surface area contributed by atoms with Crippen molar-refractivity contribution in [2.75, 3.05) is 31.1 Å². The fourth-order valence-corrected chi connectivity index (χ4v) is 8.33. The van der Waals surface area contributed by atoms with Crippen LogP contribution in [-0.4, -0.2) is 87.5 Å². The molecule has 1 spiro atoms.